The molecule has 0 saturated carbocycles. The Kier molecular flexibility index (Phi) is 3.11. The molecule has 1 atom stereocenters. The first-order valence-electron chi connectivity index (χ1n) is 4.62. The molecule has 16 heavy (non-hydrogen) atoms. The van der Waals surface area contributed by atoms with Crippen LogP contribution in [-0.2, 0) is 9.84 Å². The first-order valence-corrected chi connectivity index (χ1v) is 8.05. The number of aromatic carboxylic acids is 1. The minimum atomic E-state index is -2.98. The normalized spacial score (nSPS) is 23.4. The van der Waals surface area contributed by atoms with Gasteiger partial charge in [0, 0.05) is 5.92 Å². The van der Waals surface area contributed by atoms with Gasteiger partial charge in [-0.2, -0.15) is 0 Å². The molecule has 88 valence electrons. The third-order valence-electron chi connectivity index (χ3n) is 2.60. The van der Waals surface area contributed by atoms with Crippen LogP contribution in [-0.4, -0.2) is 31.0 Å². The van der Waals surface area contributed by atoms with Gasteiger partial charge in [-0.3, -0.25) is 0 Å². The van der Waals surface area contributed by atoms with Gasteiger partial charge >= 0.3 is 5.97 Å². The number of hydrogen-bond acceptors (Lipinski definition) is 4. The predicted molar refractivity (Wildman–Crippen MR) is 65.0 cm³/mol. The average molecular weight is 325 g/mol. The van der Waals surface area contributed by atoms with Crippen molar-refractivity contribution in [3.63, 3.8) is 0 Å². The SMILES string of the molecule is O=C(O)c1sc(Br)cc1C1CCS(=O)(=O)C1. The topological polar surface area (TPSA) is 71.4 Å². The molecule has 2 rings (SSSR count). The Morgan fingerprint density at radius 3 is 2.75 bits per heavy atom. The van der Waals surface area contributed by atoms with E-state index in [1.165, 1.54) is 0 Å². The second kappa shape index (κ2) is 4.12. The lowest BCUT2D eigenvalue weighted by Crippen LogP contribution is -2.06. The first kappa shape index (κ1) is 12.1. The summed E-state index contributed by atoms with van der Waals surface area (Å²) in [5.74, 6) is -0.936. The van der Waals surface area contributed by atoms with Crippen molar-refractivity contribution in [2.75, 3.05) is 11.5 Å². The number of carboxylic acid groups (broad SMARTS) is 1. The molecule has 1 saturated heterocycles. The lowest BCUT2D eigenvalue weighted by Gasteiger charge is -2.05. The smallest absolute Gasteiger partial charge is 0.346 e. The molecule has 4 nitrogen and oxygen atoms in total. The molecule has 0 radical (unpaired) electrons. The third-order valence-corrected chi connectivity index (χ3v) is 6.01. The first-order chi connectivity index (χ1) is 7.39. The van der Waals surface area contributed by atoms with Crippen molar-refractivity contribution < 1.29 is 18.3 Å². The van der Waals surface area contributed by atoms with Crippen LogP contribution in [0.2, 0.25) is 0 Å². The molecule has 1 fully saturated rings. The average Bonchev–Trinajstić information content (AvgIpc) is 2.68. The lowest BCUT2D eigenvalue weighted by atomic mass is 9.99. The maximum absolute atomic E-state index is 11.3. The number of halogens is 1. The zero-order chi connectivity index (χ0) is 11.9. The molecular formula is C9H9BrO4S2. The van der Waals surface area contributed by atoms with Crippen LogP contribution in [0.3, 0.4) is 0 Å². The van der Waals surface area contributed by atoms with Crippen LogP contribution in [0.15, 0.2) is 9.85 Å². The quantitative estimate of drug-likeness (QED) is 0.904. The van der Waals surface area contributed by atoms with Gasteiger partial charge in [0.2, 0.25) is 0 Å². The minimum absolute atomic E-state index is 0.0659. The third kappa shape index (κ3) is 2.31. The Morgan fingerprint density at radius 1 is 1.56 bits per heavy atom. The van der Waals surface area contributed by atoms with E-state index in [1.54, 1.807) is 6.07 Å². The van der Waals surface area contributed by atoms with Crippen LogP contribution in [0.4, 0.5) is 0 Å². The molecule has 1 aliphatic heterocycles. The highest BCUT2D eigenvalue weighted by Gasteiger charge is 2.32. The Balaban J connectivity index is 2.38. The molecule has 0 aromatic carbocycles. The second-order valence-corrected chi connectivity index (χ2v) is 8.40. The highest BCUT2D eigenvalue weighted by molar-refractivity contribution is 9.11. The van der Waals surface area contributed by atoms with Crippen molar-refractivity contribution in [3.8, 4) is 0 Å². The van der Waals surface area contributed by atoms with E-state index in [2.05, 4.69) is 15.9 Å². The molecule has 0 amide bonds. The van der Waals surface area contributed by atoms with E-state index in [-0.39, 0.29) is 22.3 Å². The predicted octanol–water partition coefficient (Wildman–Crippen LogP) is 2.11. The zero-order valence-electron chi connectivity index (χ0n) is 8.14. The number of hydrogen-bond donors (Lipinski definition) is 1. The summed E-state index contributed by atoms with van der Waals surface area (Å²) in [6.45, 7) is 0. The lowest BCUT2D eigenvalue weighted by molar-refractivity contribution is 0.0700. The van der Waals surface area contributed by atoms with Gasteiger partial charge in [-0.1, -0.05) is 0 Å². The molecule has 0 spiro atoms. The van der Waals surface area contributed by atoms with Gasteiger partial charge in [-0.25, -0.2) is 13.2 Å². The van der Waals surface area contributed by atoms with Crippen molar-refractivity contribution in [2.45, 2.75) is 12.3 Å². The summed E-state index contributed by atoms with van der Waals surface area (Å²) in [4.78, 5) is 11.2. The number of rotatable bonds is 2. The Morgan fingerprint density at radius 2 is 2.25 bits per heavy atom. The van der Waals surface area contributed by atoms with Gasteiger partial charge in [-0.15, -0.1) is 11.3 Å². The van der Waals surface area contributed by atoms with Gasteiger partial charge in [0.1, 0.15) is 4.88 Å². The fraction of sp³-hybridized carbons (Fsp3) is 0.444. The van der Waals surface area contributed by atoms with E-state index < -0.39 is 15.8 Å². The molecule has 1 aromatic rings. The monoisotopic (exact) mass is 324 g/mol. The van der Waals surface area contributed by atoms with Crippen molar-refractivity contribution in [3.05, 3.63) is 20.3 Å². The van der Waals surface area contributed by atoms with E-state index in [9.17, 15) is 13.2 Å². The Labute approximate surface area is 105 Å². The number of thiophene rings is 1. The molecule has 0 aliphatic carbocycles. The molecule has 2 heterocycles. The van der Waals surface area contributed by atoms with Gasteiger partial charge in [0.25, 0.3) is 0 Å². The van der Waals surface area contributed by atoms with E-state index >= 15 is 0 Å². The molecular weight excluding hydrogens is 316 g/mol. The summed E-state index contributed by atoms with van der Waals surface area (Å²) >= 11 is 4.36. The maximum Gasteiger partial charge on any atom is 0.346 e. The second-order valence-electron chi connectivity index (χ2n) is 3.74. The highest BCUT2D eigenvalue weighted by atomic mass is 79.9. The van der Waals surface area contributed by atoms with Gasteiger partial charge in [-0.05, 0) is 34.0 Å². The summed E-state index contributed by atoms with van der Waals surface area (Å²) in [6, 6.07) is 1.72. The largest absolute Gasteiger partial charge is 0.477 e. The molecule has 1 aromatic heterocycles. The van der Waals surface area contributed by atoms with Gasteiger partial charge in [0.05, 0.1) is 15.3 Å². The fourth-order valence-electron chi connectivity index (χ4n) is 1.88. The van der Waals surface area contributed by atoms with Crippen LogP contribution in [0.25, 0.3) is 0 Å². The van der Waals surface area contributed by atoms with E-state index in [1.807, 2.05) is 0 Å². The van der Waals surface area contributed by atoms with Gasteiger partial charge < -0.3 is 5.11 Å². The highest BCUT2D eigenvalue weighted by Crippen LogP contribution is 2.37. The molecule has 1 N–H and O–H groups in total. The molecule has 7 heteroatoms. The number of carboxylic acids is 1. The summed E-state index contributed by atoms with van der Waals surface area (Å²) < 4.78 is 23.4. The van der Waals surface area contributed by atoms with Crippen LogP contribution >= 0.6 is 27.3 Å². The fourth-order valence-corrected chi connectivity index (χ4v) is 5.20. The van der Waals surface area contributed by atoms with Crippen LogP contribution in [0, 0.1) is 0 Å². The van der Waals surface area contributed by atoms with Crippen LogP contribution < -0.4 is 0 Å². The number of carbonyl (C=O) groups is 1. The summed E-state index contributed by atoms with van der Waals surface area (Å²) in [5.41, 5.74) is 0.644. The van der Waals surface area contributed by atoms with E-state index in [4.69, 9.17) is 5.11 Å². The van der Waals surface area contributed by atoms with E-state index in [0.717, 1.165) is 15.1 Å². The summed E-state index contributed by atoms with van der Waals surface area (Å²) in [5, 5.41) is 9.01. The maximum atomic E-state index is 11.3. The zero-order valence-corrected chi connectivity index (χ0v) is 11.4. The van der Waals surface area contributed by atoms with E-state index in [0.29, 0.717) is 12.0 Å². The van der Waals surface area contributed by atoms with Crippen molar-refractivity contribution >= 4 is 43.1 Å². The minimum Gasteiger partial charge on any atom is -0.477 e. The molecule has 0 bridgehead atoms. The van der Waals surface area contributed by atoms with Crippen molar-refractivity contribution in [1.82, 2.24) is 0 Å². The molecule has 1 unspecified atom stereocenters. The summed E-state index contributed by atoms with van der Waals surface area (Å²) in [6.07, 6.45) is 0.520. The van der Waals surface area contributed by atoms with Crippen molar-refractivity contribution in [1.29, 1.82) is 0 Å². The summed E-state index contributed by atoms with van der Waals surface area (Å²) in [7, 11) is -2.98. The van der Waals surface area contributed by atoms with Crippen LogP contribution in [0.5, 0.6) is 0 Å². The molecule has 1 aliphatic rings. The van der Waals surface area contributed by atoms with Crippen LogP contribution in [0.1, 0.15) is 27.6 Å². The van der Waals surface area contributed by atoms with Gasteiger partial charge in [0.15, 0.2) is 9.84 Å². The van der Waals surface area contributed by atoms with Crippen molar-refractivity contribution in [2.24, 2.45) is 0 Å². The standard InChI is InChI=1S/C9H9BrO4S2/c10-7-3-6(8(15-7)9(11)12)5-1-2-16(13,14)4-5/h3,5H,1-2,4H2,(H,11,12). The Hall–Kier alpha value is -0.400. The number of sulfone groups is 1. The Bertz CT molecular complexity index is 532.